The van der Waals surface area contributed by atoms with Crippen LogP contribution in [-0.4, -0.2) is 5.75 Å². The van der Waals surface area contributed by atoms with Gasteiger partial charge in [0.05, 0.1) is 0 Å². The van der Waals surface area contributed by atoms with E-state index in [-0.39, 0.29) is 0 Å². The second kappa shape index (κ2) is 4.50. The minimum Gasteiger partial charge on any atom is -0.0625 e. The minimum absolute atomic E-state index is 0.915. The molecule has 60 valence electrons. The molecule has 2 heteroatoms. The first-order valence-electron chi connectivity index (χ1n) is 4.06. The van der Waals surface area contributed by atoms with Gasteiger partial charge in [0.15, 0.2) is 0 Å². The summed E-state index contributed by atoms with van der Waals surface area (Å²) in [6, 6.07) is 0. The Balaban J connectivity index is 2.13. The van der Waals surface area contributed by atoms with Gasteiger partial charge in [-0.1, -0.05) is 30.7 Å². The van der Waals surface area contributed by atoms with Crippen molar-refractivity contribution in [1.29, 1.82) is 0 Å². The van der Waals surface area contributed by atoms with Gasteiger partial charge in [0.2, 0.25) is 0 Å². The quantitative estimate of drug-likeness (QED) is 0.622. The molecule has 0 nitrogen and oxygen atoms in total. The van der Waals surface area contributed by atoms with E-state index in [1.165, 1.54) is 36.7 Å². The third kappa shape index (κ3) is 2.71. The fourth-order valence-electron chi connectivity index (χ4n) is 1.58. The highest BCUT2D eigenvalue weighted by Gasteiger charge is 2.17. The lowest BCUT2D eigenvalue weighted by Gasteiger charge is -2.24. The summed E-state index contributed by atoms with van der Waals surface area (Å²) in [7, 11) is 7.07. The molecule has 0 aromatic carbocycles. The lowest BCUT2D eigenvalue weighted by atomic mass is 9.84. The first-order valence-corrected chi connectivity index (χ1v) is 5.87. The van der Waals surface area contributed by atoms with E-state index >= 15 is 0 Å². The number of rotatable bonds is 2. The third-order valence-electron chi connectivity index (χ3n) is 2.43. The van der Waals surface area contributed by atoms with Crippen LogP contribution in [-0.2, 0) is 0 Å². The van der Waals surface area contributed by atoms with Gasteiger partial charge in [0.1, 0.15) is 0 Å². The lowest BCUT2D eigenvalue weighted by molar-refractivity contribution is 0.312. The van der Waals surface area contributed by atoms with Crippen LogP contribution in [0.4, 0.5) is 0 Å². The zero-order valence-corrected chi connectivity index (χ0v) is 8.05. The summed E-state index contributed by atoms with van der Waals surface area (Å²) in [5.74, 6) is 3.05. The summed E-state index contributed by atoms with van der Waals surface area (Å²) in [4.78, 5) is 0. The van der Waals surface area contributed by atoms with Gasteiger partial charge in [-0.3, -0.25) is 0 Å². The van der Waals surface area contributed by atoms with Crippen LogP contribution < -0.4 is 0 Å². The molecular formula is C8H15ClS. The molecule has 10 heavy (non-hydrogen) atoms. The van der Waals surface area contributed by atoms with Crippen molar-refractivity contribution >= 4 is 21.7 Å². The minimum atomic E-state index is 0.915. The highest BCUT2D eigenvalue weighted by atomic mass is 35.7. The van der Waals surface area contributed by atoms with Crippen LogP contribution in [0.5, 0.6) is 0 Å². The van der Waals surface area contributed by atoms with Crippen LogP contribution >= 0.6 is 21.7 Å². The SMILES string of the molecule is CC1CCC(CSCl)CC1. The van der Waals surface area contributed by atoms with Gasteiger partial charge in [0, 0.05) is 5.75 Å². The molecule has 0 aromatic heterocycles. The Labute approximate surface area is 72.2 Å². The predicted octanol–water partition coefficient (Wildman–Crippen LogP) is 3.70. The van der Waals surface area contributed by atoms with E-state index in [4.69, 9.17) is 10.7 Å². The van der Waals surface area contributed by atoms with Crippen molar-refractivity contribution < 1.29 is 0 Å². The molecule has 0 radical (unpaired) electrons. The van der Waals surface area contributed by atoms with Crippen molar-refractivity contribution in [3.63, 3.8) is 0 Å². The molecule has 1 aliphatic carbocycles. The van der Waals surface area contributed by atoms with Crippen molar-refractivity contribution in [1.82, 2.24) is 0 Å². The van der Waals surface area contributed by atoms with E-state index in [1.54, 1.807) is 0 Å². The summed E-state index contributed by atoms with van der Waals surface area (Å²) in [6.45, 7) is 2.35. The van der Waals surface area contributed by atoms with Crippen molar-refractivity contribution in [2.45, 2.75) is 32.6 Å². The maximum atomic E-state index is 5.59. The number of hydrogen-bond donors (Lipinski definition) is 0. The predicted molar refractivity (Wildman–Crippen MR) is 49.4 cm³/mol. The average Bonchev–Trinajstić information content (AvgIpc) is 1.95. The van der Waals surface area contributed by atoms with Crippen LogP contribution in [0.15, 0.2) is 0 Å². The second-order valence-electron chi connectivity index (χ2n) is 3.40. The Morgan fingerprint density at radius 1 is 1.30 bits per heavy atom. The molecule has 0 atom stereocenters. The largest absolute Gasteiger partial charge is 0.0625 e. The zero-order chi connectivity index (χ0) is 7.40. The molecule has 1 rings (SSSR count). The molecule has 0 aliphatic heterocycles. The van der Waals surface area contributed by atoms with Crippen LogP contribution in [0.2, 0.25) is 0 Å². The Kier molecular flexibility index (Phi) is 3.93. The van der Waals surface area contributed by atoms with Crippen molar-refractivity contribution in [2.24, 2.45) is 11.8 Å². The van der Waals surface area contributed by atoms with Gasteiger partial charge in [-0.25, -0.2) is 0 Å². The lowest BCUT2D eigenvalue weighted by Crippen LogP contribution is -2.13. The van der Waals surface area contributed by atoms with Gasteiger partial charge in [-0.2, -0.15) is 0 Å². The molecular weight excluding hydrogens is 164 g/mol. The van der Waals surface area contributed by atoms with Crippen LogP contribution in [0.25, 0.3) is 0 Å². The van der Waals surface area contributed by atoms with E-state index in [2.05, 4.69) is 6.92 Å². The number of hydrogen-bond acceptors (Lipinski definition) is 1. The Hall–Kier alpha value is 0.640. The molecule has 0 bridgehead atoms. The highest BCUT2D eigenvalue weighted by Crippen LogP contribution is 2.31. The summed E-state index contributed by atoms with van der Waals surface area (Å²) < 4.78 is 0. The van der Waals surface area contributed by atoms with Gasteiger partial charge >= 0.3 is 0 Å². The van der Waals surface area contributed by atoms with Crippen molar-refractivity contribution in [3.05, 3.63) is 0 Å². The molecule has 0 amide bonds. The van der Waals surface area contributed by atoms with E-state index < -0.39 is 0 Å². The summed E-state index contributed by atoms with van der Waals surface area (Å²) in [5, 5.41) is 0. The van der Waals surface area contributed by atoms with Gasteiger partial charge in [-0.05, 0) is 35.4 Å². The van der Waals surface area contributed by atoms with Crippen LogP contribution in [0.3, 0.4) is 0 Å². The van der Waals surface area contributed by atoms with E-state index in [0.717, 1.165) is 17.6 Å². The fourth-order valence-corrected chi connectivity index (χ4v) is 2.63. The van der Waals surface area contributed by atoms with Gasteiger partial charge in [0.25, 0.3) is 0 Å². The summed E-state index contributed by atoms with van der Waals surface area (Å²) in [6.07, 6.45) is 5.64. The molecule has 0 unspecified atom stereocenters. The van der Waals surface area contributed by atoms with E-state index in [0.29, 0.717) is 0 Å². The smallest absolute Gasteiger partial charge is 0.0114 e. The fraction of sp³-hybridized carbons (Fsp3) is 1.00. The second-order valence-corrected chi connectivity index (χ2v) is 4.61. The summed E-state index contributed by atoms with van der Waals surface area (Å²) >= 11 is 0. The molecule has 1 aliphatic rings. The molecule has 0 saturated heterocycles. The van der Waals surface area contributed by atoms with Crippen LogP contribution in [0, 0.1) is 11.8 Å². The van der Waals surface area contributed by atoms with Crippen molar-refractivity contribution in [3.8, 4) is 0 Å². The zero-order valence-electron chi connectivity index (χ0n) is 6.48. The van der Waals surface area contributed by atoms with E-state index in [9.17, 15) is 0 Å². The normalized spacial score (nSPS) is 34.2. The first kappa shape index (κ1) is 8.73. The average molecular weight is 179 g/mol. The van der Waals surface area contributed by atoms with Crippen LogP contribution in [0.1, 0.15) is 32.6 Å². The monoisotopic (exact) mass is 178 g/mol. The highest BCUT2D eigenvalue weighted by molar-refractivity contribution is 8.21. The third-order valence-corrected chi connectivity index (χ3v) is 3.41. The first-order chi connectivity index (χ1) is 4.83. The topological polar surface area (TPSA) is 0 Å². The van der Waals surface area contributed by atoms with Gasteiger partial charge in [-0.15, -0.1) is 0 Å². The maximum Gasteiger partial charge on any atom is 0.0114 e. The molecule has 0 heterocycles. The Morgan fingerprint density at radius 2 is 1.90 bits per heavy atom. The number of halogens is 1. The Morgan fingerprint density at radius 3 is 2.40 bits per heavy atom. The maximum absolute atomic E-state index is 5.59. The standard InChI is InChI=1S/C8H15ClS/c1-7-2-4-8(5-3-7)6-10-9/h7-8H,2-6H2,1H3. The molecule has 0 aromatic rings. The van der Waals surface area contributed by atoms with Crippen molar-refractivity contribution in [2.75, 3.05) is 5.75 Å². The molecule has 1 fully saturated rings. The molecule has 0 spiro atoms. The van der Waals surface area contributed by atoms with E-state index in [1.807, 2.05) is 0 Å². The molecule has 0 N–H and O–H groups in total. The summed E-state index contributed by atoms with van der Waals surface area (Å²) in [5.41, 5.74) is 0. The van der Waals surface area contributed by atoms with Gasteiger partial charge < -0.3 is 0 Å². The Bertz CT molecular complexity index is 87.3. The molecule has 1 saturated carbocycles.